The Morgan fingerprint density at radius 1 is 1.60 bits per heavy atom. The average molecular weight is 228 g/mol. The van der Waals surface area contributed by atoms with Crippen molar-refractivity contribution in [1.82, 2.24) is 5.32 Å². The van der Waals surface area contributed by atoms with E-state index < -0.39 is 0 Å². The van der Waals surface area contributed by atoms with Gasteiger partial charge in [0.1, 0.15) is 5.82 Å². The van der Waals surface area contributed by atoms with E-state index in [0.717, 1.165) is 18.4 Å². The molecule has 0 aliphatic heterocycles. The number of nitrogens with one attached hydrogen (secondary N) is 1. The number of hydrogen-bond donors (Lipinski definition) is 1. The Hall–Kier alpha value is -0.860. The molecule has 0 amide bonds. The predicted molar refractivity (Wildman–Crippen MR) is 62.6 cm³/mol. The van der Waals surface area contributed by atoms with Crippen LogP contribution in [0.1, 0.15) is 24.4 Å². The summed E-state index contributed by atoms with van der Waals surface area (Å²) in [5.74, 6) is -0.303. The van der Waals surface area contributed by atoms with Crippen molar-refractivity contribution in [3.8, 4) is 0 Å². The van der Waals surface area contributed by atoms with E-state index in [1.54, 1.807) is 6.07 Å². The van der Waals surface area contributed by atoms with Crippen molar-refractivity contribution < 1.29 is 4.39 Å². The molecule has 1 rings (SSSR count). The first-order chi connectivity index (χ1) is 7.19. The van der Waals surface area contributed by atoms with Gasteiger partial charge in [0, 0.05) is 11.1 Å². The maximum atomic E-state index is 12.8. The highest BCUT2D eigenvalue weighted by atomic mass is 35.5. The zero-order valence-electron chi connectivity index (χ0n) is 8.76. The molecular weight excluding hydrogens is 213 g/mol. The SMILES string of the molecule is C=CCCC(NC)c1ccc(F)cc1Cl. The van der Waals surface area contributed by atoms with Crippen LogP contribution in [0.15, 0.2) is 30.9 Å². The molecule has 1 atom stereocenters. The van der Waals surface area contributed by atoms with Crippen LogP contribution in [-0.4, -0.2) is 7.05 Å². The van der Waals surface area contributed by atoms with Crippen molar-refractivity contribution >= 4 is 11.6 Å². The molecule has 0 spiro atoms. The summed E-state index contributed by atoms with van der Waals surface area (Å²) >= 11 is 5.98. The Labute approximate surface area is 95.0 Å². The van der Waals surface area contributed by atoms with Gasteiger partial charge in [-0.05, 0) is 37.6 Å². The van der Waals surface area contributed by atoms with Crippen molar-refractivity contribution in [1.29, 1.82) is 0 Å². The summed E-state index contributed by atoms with van der Waals surface area (Å²) in [6.45, 7) is 3.68. The summed E-state index contributed by atoms with van der Waals surface area (Å²) in [6, 6.07) is 4.65. The van der Waals surface area contributed by atoms with Gasteiger partial charge in [-0.3, -0.25) is 0 Å². The highest BCUT2D eigenvalue weighted by Gasteiger charge is 2.12. The third-order valence-corrected chi connectivity index (χ3v) is 2.67. The first kappa shape index (κ1) is 12.2. The molecule has 82 valence electrons. The van der Waals surface area contributed by atoms with Gasteiger partial charge in [0.05, 0.1) is 0 Å². The van der Waals surface area contributed by atoms with Gasteiger partial charge < -0.3 is 5.32 Å². The van der Waals surface area contributed by atoms with Gasteiger partial charge in [-0.25, -0.2) is 4.39 Å². The molecule has 0 aliphatic carbocycles. The molecule has 1 nitrogen and oxygen atoms in total. The number of halogens is 2. The van der Waals surface area contributed by atoms with Crippen LogP contribution in [0.5, 0.6) is 0 Å². The zero-order chi connectivity index (χ0) is 11.3. The smallest absolute Gasteiger partial charge is 0.124 e. The maximum absolute atomic E-state index is 12.8. The van der Waals surface area contributed by atoms with Crippen LogP contribution in [0.4, 0.5) is 4.39 Å². The summed E-state index contributed by atoms with van der Waals surface area (Å²) < 4.78 is 12.8. The molecule has 1 unspecified atom stereocenters. The molecule has 0 aromatic heterocycles. The van der Waals surface area contributed by atoms with E-state index in [4.69, 9.17) is 11.6 Å². The Morgan fingerprint density at radius 3 is 2.87 bits per heavy atom. The summed E-state index contributed by atoms with van der Waals surface area (Å²) in [7, 11) is 1.87. The Kier molecular flexibility index (Phi) is 4.79. The second-order valence-corrected chi connectivity index (χ2v) is 3.78. The van der Waals surface area contributed by atoms with Gasteiger partial charge in [0.2, 0.25) is 0 Å². The molecular formula is C12H15ClFN. The quantitative estimate of drug-likeness (QED) is 0.757. The minimum atomic E-state index is -0.303. The molecule has 0 saturated carbocycles. The van der Waals surface area contributed by atoms with Gasteiger partial charge in [0.15, 0.2) is 0 Å². The highest BCUT2D eigenvalue weighted by Crippen LogP contribution is 2.26. The lowest BCUT2D eigenvalue weighted by Crippen LogP contribution is -2.16. The van der Waals surface area contributed by atoms with Crippen LogP contribution in [0, 0.1) is 5.82 Å². The largest absolute Gasteiger partial charge is 0.313 e. The molecule has 0 heterocycles. The highest BCUT2D eigenvalue weighted by molar-refractivity contribution is 6.31. The van der Waals surface area contributed by atoms with Crippen LogP contribution >= 0.6 is 11.6 Å². The van der Waals surface area contributed by atoms with E-state index in [2.05, 4.69) is 11.9 Å². The van der Waals surface area contributed by atoms with E-state index >= 15 is 0 Å². The van der Waals surface area contributed by atoms with E-state index in [1.807, 2.05) is 13.1 Å². The molecule has 15 heavy (non-hydrogen) atoms. The van der Waals surface area contributed by atoms with Crippen LogP contribution in [0.3, 0.4) is 0 Å². The van der Waals surface area contributed by atoms with E-state index in [-0.39, 0.29) is 11.9 Å². The lowest BCUT2D eigenvalue weighted by Gasteiger charge is -2.17. The fraction of sp³-hybridized carbons (Fsp3) is 0.333. The van der Waals surface area contributed by atoms with Crippen molar-refractivity contribution in [3.05, 3.63) is 47.3 Å². The van der Waals surface area contributed by atoms with Crippen molar-refractivity contribution in [2.24, 2.45) is 0 Å². The molecule has 1 aromatic carbocycles. The average Bonchev–Trinajstić information content (AvgIpc) is 2.21. The van der Waals surface area contributed by atoms with Gasteiger partial charge >= 0.3 is 0 Å². The van der Waals surface area contributed by atoms with Gasteiger partial charge in [-0.2, -0.15) is 0 Å². The summed E-state index contributed by atoms with van der Waals surface area (Å²) in [6.07, 6.45) is 3.67. The molecule has 0 saturated heterocycles. The second-order valence-electron chi connectivity index (χ2n) is 3.37. The van der Waals surface area contributed by atoms with E-state index in [0.29, 0.717) is 5.02 Å². The lowest BCUT2D eigenvalue weighted by atomic mass is 10.0. The molecule has 0 fully saturated rings. The number of allylic oxidation sites excluding steroid dienone is 1. The van der Waals surface area contributed by atoms with Crippen LogP contribution in [0.25, 0.3) is 0 Å². The third-order valence-electron chi connectivity index (χ3n) is 2.35. The number of benzene rings is 1. The lowest BCUT2D eigenvalue weighted by molar-refractivity contribution is 0.552. The van der Waals surface area contributed by atoms with Crippen molar-refractivity contribution in [2.45, 2.75) is 18.9 Å². The number of hydrogen-bond acceptors (Lipinski definition) is 1. The Bertz CT molecular complexity index is 338. The Morgan fingerprint density at radius 2 is 2.33 bits per heavy atom. The minimum absolute atomic E-state index is 0.149. The monoisotopic (exact) mass is 227 g/mol. The molecule has 1 aromatic rings. The van der Waals surface area contributed by atoms with Gasteiger partial charge in [-0.1, -0.05) is 23.7 Å². The summed E-state index contributed by atoms with van der Waals surface area (Å²) in [4.78, 5) is 0. The zero-order valence-corrected chi connectivity index (χ0v) is 9.52. The topological polar surface area (TPSA) is 12.0 Å². The Balaban J connectivity index is 2.86. The number of rotatable bonds is 5. The summed E-state index contributed by atoms with van der Waals surface area (Å²) in [5.41, 5.74) is 0.933. The molecule has 0 aliphatic rings. The fourth-order valence-electron chi connectivity index (χ4n) is 1.52. The van der Waals surface area contributed by atoms with Crippen molar-refractivity contribution in [3.63, 3.8) is 0 Å². The standard InChI is InChI=1S/C12H15ClFN/c1-3-4-5-12(15-2)10-7-6-9(14)8-11(10)13/h3,6-8,12,15H,1,4-5H2,2H3. The maximum Gasteiger partial charge on any atom is 0.124 e. The van der Waals surface area contributed by atoms with Gasteiger partial charge in [0.25, 0.3) is 0 Å². The third kappa shape index (κ3) is 3.33. The molecule has 0 bridgehead atoms. The van der Waals surface area contributed by atoms with Crippen LogP contribution in [0.2, 0.25) is 5.02 Å². The van der Waals surface area contributed by atoms with E-state index in [1.165, 1.54) is 12.1 Å². The first-order valence-corrected chi connectivity index (χ1v) is 5.30. The second kappa shape index (κ2) is 5.89. The van der Waals surface area contributed by atoms with Crippen LogP contribution < -0.4 is 5.32 Å². The van der Waals surface area contributed by atoms with E-state index in [9.17, 15) is 4.39 Å². The summed E-state index contributed by atoms with van der Waals surface area (Å²) in [5, 5.41) is 3.63. The molecule has 0 radical (unpaired) electrons. The normalized spacial score (nSPS) is 12.5. The fourth-order valence-corrected chi connectivity index (χ4v) is 1.82. The molecule has 3 heteroatoms. The molecule has 1 N–H and O–H groups in total. The van der Waals surface area contributed by atoms with Gasteiger partial charge in [-0.15, -0.1) is 6.58 Å². The predicted octanol–water partition coefficient (Wildman–Crippen LogP) is 3.71. The minimum Gasteiger partial charge on any atom is -0.313 e. The first-order valence-electron chi connectivity index (χ1n) is 4.92. The van der Waals surface area contributed by atoms with Crippen LogP contribution in [-0.2, 0) is 0 Å². The van der Waals surface area contributed by atoms with Crippen molar-refractivity contribution in [2.75, 3.05) is 7.05 Å².